The molecule has 2 heterocycles. The highest BCUT2D eigenvalue weighted by Crippen LogP contribution is 2.34. The third-order valence-electron chi connectivity index (χ3n) is 6.53. The summed E-state index contributed by atoms with van der Waals surface area (Å²) in [5.74, 6) is 0.260. The molecule has 1 aliphatic heterocycles. The Kier molecular flexibility index (Phi) is 8.38. The van der Waals surface area contributed by atoms with Gasteiger partial charge in [-0.3, -0.25) is 19.3 Å². The van der Waals surface area contributed by atoms with Gasteiger partial charge in [-0.1, -0.05) is 50.2 Å². The summed E-state index contributed by atoms with van der Waals surface area (Å²) in [6.45, 7) is 5.43. The van der Waals surface area contributed by atoms with E-state index < -0.39 is 18.1 Å². The van der Waals surface area contributed by atoms with Crippen LogP contribution in [-0.2, 0) is 20.8 Å². The Morgan fingerprint density at radius 1 is 0.974 bits per heavy atom. The average molecular weight is 516 g/mol. The number of nitrogens with one attached hydrogen (secondary N) is 3. The van der Waals surface area contributed by atoms with Gasteiger partial charge < -0.3 is 20.7 Å². The average Bonchev–Trinajstić information content (AvgIpc) is 3.32. The molecule has 3 amide bonds. The van der Waals surface area contributed by atoms with Gasteiger partial charge in [0.25, 0.3) is 5.91 Å². The van der Waals surface area contributed by atoms with Crippen LogP contribution in [-0.4, -0.2) is 47.9 Å². The number of fused-ring (bicyclic) bond motifs is 1. The smallest absolute Gasteiger partial charge is 0.251 e. The number of benzene rings is 2. The monoisotopic (exact) mass is 515 g/mol. The Morgan fingerprint density at radius 3 is 2.39 bits per heavy atom. The number of hydrogen-bond donors (Lipinski definition) is 3. The van der Waals surface area contributed by atoms with Gasteiger partial charge in [0.05, 0.1) is 11.7 Å². The third-order valence-corrected chi connectivity index (χ3v) is 6.53. The summed E-state index contributed by atoms with van der Waals surface area (Å²) in [6.07, 6.45) is 1.89. The Morgan fingerprint density at radius 2 is 1.68 bits per heavy atom. The van der Waals surface area contributed by atoms with Crippen LogP contribution in [0, 0.1) is 5.92 Å². The van der Waals surface area contributed by atoms with E-state index in [1.807, 2.05) is 56.3 Å². The number of hydrogen-bond acceptors (Lipinski definition) is 6. The molecule has 0 bridgehead atoms. The number of anilines is 2. The Balaban J connectivity index is 1.61. The van der Waals surface area contributed by atoms with Crippen LogP contribution in [0.25, 0.3) is 0 Å². The summed E-state index contributed by atoms with van der Waals surface area (Å²) in [4.78, 5) is 46.1. The maximum atomic E-state index is 13.9. The van der Waals surface area contributed by atoms with Gasteiger partial charge in [0, 0.05) is 12.6 Å². The van der Waals surface area contributed by atoms with Crippen LogP contribution < -0.4 is 25.6 Å². The number of para-hydroxylation sites is 3. The molecular formula is C29H33N5O4. The summed E-state index contributed by atoms with van der Waals surface area (Å²) in [5, 5.41) is 8.68. The van der Waals surface area contributed by atoms with Gasteiger partial charge >= 0.3 is 0 Å². The number of carbonyl (C=O) groups is 3. The number of pyridine rings is 1. The van der Waals surface area contributed by atoms with Crippen LogP contribution >= 0.6 is 0 Å². The summed E-state index contributed by atoms with van der Waals surface area (Å²) in [5.41, 5.74) is 1.27. The molecule has 38 heavy (non-hydrogen) atoms. The first-order valence-corrected chi connectivity index (χ1v) is 12.7. The highest BCUT2D eigenvalue weighted by atomic mass is 16.5. The van der Waals surface area contributed by atoms with Gasteiger partial charge in [-0.25, -0.2) is 4.98 Å². The van der Waals surface area contributed by atoms with Gasteiger partial charge in [-0.05, 0) is 55.8 Å². The number of ether oxygens (including phenoxy) is 1. The van der Waals surface area contributed by atoms with Crippen LogP contribution in [0.4, 0.5) is 11.5 Å². The molecule has 0 unspecified atom stereocenters. The van der Waals surface area contributed by atoms with E-state index in [1.54, 1.807) is 44.4 Å². The second-order valence-corrected chi connectivity index (χ2v) is 9.56. The summed E-state index contributed by atoms with van der Waals surface area (Å²) >= 11 is 0. The van der Waals surface area contributed by atoms with Crippen molar-refractivity contribution in [3.8, 4) is 11.5 Å². The fraction of sp³-hybridized carbons (Fsp3) is 0.310. The molecule has 0 saturated carbocycles. The van der Waals surface area contributed by atoms with Crippen molar-refractivity contribution in [3.05, 3.63) is 78.5 Å². The lowest BCUT2D eigenvalue weighted by molar-refractivity contribution is -0.130. The van der Waals surface area contributed by atoms with Gasteiger partial charge in [-0.15, -0.1) is 0 Å². The maximum absolute atomic E-state index is 13.9. The second kappa shape index (κ2) is 11.9. The molecule has 3 aromatic rings. The van der Waals surface area contributed by atoms with Gasteiger partial charge in [0.2, 0.25) is 11.8 Å². The van der Waals surface area contributed by atoms with Gasteiger partial charge in [0.1, 0.15) is 23.7 Å². The molecule has 2 aromatic carbocycles. The lowest BCUT2D eigenvalue weighted by Gasteiger charge is -2.31. The number of carbonyl (C=O) groups excluding carboxylic acids is 3. The van der Waals surface area contributed by atoms with Crippen molar-refractivity contribution in [1.82, 2.24) is 15.6 Å². The summed E-state index contributed by atoms with van der Waals surface area (Å²) in [7, 11) is 1.68. The fourth-order valence-corrected chi connectivity index (χ4v) is 4.28. The quantitative estimate of drug-likeness (QED) is 0.402. The summed E-state index contributed by atoms with van der Waals surface area (Å²) < 4.78 is 5.99. The topological polar surface area (TPSA) is 113 Å². The largest absolute Gasteiger partial charge is 0.455 e. The minimum Gasteiger partial charge on any atom is -0.455 e. The first-order valence-electron chi connectivity index (χ1n) is 12.7. The predicted octanol–water partition coefficient (Wildman–Crippen LogP) is 3.52. The first kappa shape index (κ1) is 26.8. The number of rotatable bonds is 9. The molecular weight excluding hydrogens is 482 g/mol. The normalized spacial score (nSPS) is 15.9. The van der Waals surface area contributed by atoms with Crippen LogP contribution in [0.3, 0.4) is 0 Å². The maximum Gasteiger partial charge on any atom is 0.251 e. The van der Waals surface area contributed by atoms with Crippen LogP contribution in [0.1, 0.15) is 26.3 Å². The number of likely N-dealkylation sites (N-methyl/N-ethyl adjacent to an activating group) is 1. The highest BCUT2D eigenvalue weighted by molar-refractivity contribution is 6.09. The van der Waals surface area contributed by atoms with Crippen molar-refractivity contribution in [2.75, 3.05) is 17.3 Å². The third kappa shape index (κ3) is 5.84. The molecule has 0 saturated heterocycles. The fourth-order valence-electron chi connectivity index (χ4n) is 4.28. The van der Waals surface area contributed by atoms with E-state index in [1.165, 1.54) is 4.90 Å². The SMILES string of the molecule is CN[C@@H](C)C(=O)N[C@H](C(=O)N1c2ncccc2C[C@H]1C(=O)Nc1ccccc1Oc1ccccc1)C(C)C. The molecule has 1 aromatic heterocycles. The molecule has 0 spiro atoms. The van der Waals surface area contributed by atoms with E-state index in [-0.39, 0.29) is 23.6 Å². The zero-order valence-corrected chi connectivity index (χ0v) is 22.0. The highest BCUT2D eigenvalue weighted by Gasteiger charge is 2.43. The predicted molar refractivity (Wildman–Crippen MR) is 146 cm³/mol. The van der Waals surface area contributed by atoms with Crippen molar-refractivity contribution in [2.45, 2.75) is 45.3 Å². The Labute approximate surface area is 222 Å². The summed E-state index contributed by atoms with van der Waals surface area (Å²) in [6, 6.07) is 17.9. The Bertz CT molecular complexity index is 1300. The van der Waals surface area contributed by atoms with Crippen molar-refractivity contribution in [1.29, 1.82) is 0 Å². The molecule has 198 valence electrons. The van der Waals surface area contributed by atoms with E-state index in [4.69, 9.17) is 4.74 Å². The van der Waals surface area contributed by atoms with E-state index in [0.29, 0.717) is 29.4 Å². The second-order valence-electron chi connectivity index (χ2n) is 9.56. The van der Waals surface area contributed by atoms with E-state index in [2.05, 4.69) is 20.9 Å². The molecule has 1 aliphatic rings. The lowest BCUT2D eigenvalue weighted by Crippen LogP contribution is -2.57. The number of nitrogens with zero attached hydrogens (tertiary/aromatic N) is 2. The zero-order chi connectivity index (χ0) is 27.2. The van der Waals surface area contributed by atoms with E-state index in [0.717, 1.165) is 5.56 Å². The van der Waals surface area contributed by atoms with Crippen LogP contribution in [0.2, 0.25) is 0 Å². The number of amides is 3. The Hall–Kier alpha value is -4.24. The zero-order valence-electron chi connectivity index (χ0n) is 22.0. The molecule has 3 N–H and O–H groups in total. The minimum absolute atomic E-state index is 0.216. The van der Waals surface area contributed by atoms with Crippen molar-refractivity contribution < 1.29 is 19.1 Å². The van der Waals surface area contributed by atoms with Crippen LogP contribution in [0.5, 0.6) is 11.5 Å². The molecule has 0 fully saturated rings. The molecule has 9 nitrogen and oxygen atoms in total. The molecule has 3 atom stereocenters. The number of aromatic nitrogens is 1. The lowest BCUT2D eigenvalue weighted by atomic mass is 10.0. The van der Waals surface area contributed by atoms with Crippen molar-refractivity contribution in [3.63, 3.8) is 0 Å². The van der Waals surface area contributed by atoms with Gasteiger partial charge in [0.15, 0.2) is 5.75 Å². The minimum atomic E-state index is -0.850. The molecule has 0 aliphatic carbocycles. The van der Waals surface area contributed by atoms with Crippen molar-refractivity contribution >= 4 is 29.2 Å². The van der Waals surface area contributed by atoms with Crippen molar-refractivity contribution in [2.24, 2.45) is 5.92 Å². The standard InChI is InChI=1S/C29H33N5O4/c1-18(2)25(33-27(35)19(3)30-4)29(37)34-23(17-20-11-10-16-31-26(20)34)28(36)32-22-14-8-9-15-24(22)38-21-12-6-5-7-13-21/h5-16,18-19,23,25,30H,17H2,1-4H3,(H,32,36)(H,33,35)/t19-,23-,25-/m0/s1. The molecule has 9 heteroatoms. The molecule has 4 rings (SSSR count). The van der Waals surface area contributed by atoms with E-state index >= 15 is 0 Å². The van der Waals surface area contributed by atoms with Gasteiger partial charge in [-0.2, -0.15) is 0 Å². The van der Waals surface area contributed by atoms with Crippen LogP contribution in [0.15, 0.2) is 72.9 Å². The first-order chi connectivity index (χ1) is 18.3. The molecule has 0 radical (unpaired) electrons. The van der Waals surface area contributed by atoms with E-state index in [9.17, 15) is 14.4 Å².